The van der Waals surface area contributed by atoms with Gasteiger partial charge in [0, 0.05) is 18.4 Å². The van der Waals surface area contributed by atoms with Gasteiger partial charge in [0.2, 0.25) is 10.0 Å². The van der Waals surface area contributed by atoms with Gasteiger partial charge in [-0.1, -0.05) is 48.5 Å². The van der Waals surface area contributed by atoms with Crippen LogP contribution in [0.1, 0.15) is 17.9 Å². The first kappa shape index (κ1) is 16.2. The fourth-order valence-electron chi connectivity index (χ4n) is 2.13. The molecule has 6 heteroatoms. The molecule has 5 nitrogen and oxygen atoms in total. The van der Waals surface area contributed by atoms with Crippen LogP contribution >= 0.6 is 0 Å². The first-order valence-corrected chi connectivity index (χ1v) is 8.27. The molecule has 0 aliphatic rings. The summed E-state index contributed by atoms with van der Waals surface area (Å²) in [7, 11) is -3.66. The Hall–Kier alpha value is -2.18. The first-order chi connectivity index (χ1) is 10.5. The molecule has 2 rings (SSSR count). The zero-order chi connectivity index (χ0) is 16.0. The molecule has 0 spiro atoms. The number of carbonyl (C=O) groups excluding carboxylic acids is 1. The maximum absolute atomic E-state index is 12.2. The van der Waals surface area contributed by atoms with Crippen LogP contribution in [0.15, 0.2) is 65.6 Å². The van der Waals surface area contributed by atoms with E-state index in [1.165, 1.54) is 12.1 Å². The van der Waals surface area contributed by atoms with E-state index in [-0.39, 0.29) is 17.9 Å². The maximum atomic E-state index is 12.2. The third-order valence-corrected chi connectivity index (χ3v) is 4.70. The first-order valence-electron chi connectivity index (χ1n) is 6.78. The lowest BCUT2D eigenvalue weighted by atomic mass is 9.96. The van der Waals surface area contributed by atoms with E-state index < -0.39 is 21.9 Å². The molecule has 0 aromatic heterocycles. The quantitative estimate of drug-likeness (QED) is 0.821. The van der Waals surface area contributed by atoms with E-state index >= 15 is 0 Å². The van der Waals surface area contributed by atoms with Gasteiger partial charge in [-0.05, 0) is 24.1 Å². The van der Waals surface area contributed by atoms with Crippen molar-refractivity contribution in [2.75, 3.05) is 6.54 Å². The van der Waals surface area contributed by atoms with Gasteiger partial charge in [0.15, 0.2) is 0 Å². The fraction of sp³-hybridized carbons (Fsp3) is 0.188. The van der Waals surface area contributed by atoms with Crippen molar-refractivity contribution in [3.8, 4) is 0 Å². The van der Waals surface area contributed by atoms with Gasteiger partial charge in [-0.25, -0.2) is 13.1 Å². The maximum Gasteiger partial charge on any atom is 0.240 e. The SMILES string of the molecule is O=C([O-])C[C@H](CNS(=O)(=O)c1ccccc1)c1ccccc1. The van der Waals surface area contributed by atoms with E-state index in [0.717, 1.165) is 5.56 Å². The minimum Gasteiger partial charge on any atom is -0.550 e. The Kier molecular flexibility index (Phi) is 5.30. The van der Waals surface area contributed by atoms with Crippen molar-refractivity contribution >= 4 is 16.0 Å². The lowest BCUT2D eigenvalue weighted by Crippen LogP contribution is -2.32. The number of hydrogen-bond acceptors (Lipinski definition) is 4. The Morgan fingerprint density at radius 1 is 1.00 bits per heavy atom. The molecule has 1 atom stereocenters. The molecule has 0 radical (unpaired) electrons. The van der Waals surface area contributed by atoms with Crippen LogP contribution in [0.4, 0.5) is 0 Å². The zero-order valence-corrected chi connectivity index (χ0v) is 12.6. The second-order valence-electron chi connectivity index (χ2n) is 4.85. The fourth-order valence-corrected chi connectivity index (χ4v) is 3.23. The smallest absolute Gasteiger partial charge is 0.240 e. The number of benzene rings is 2. The van der Waals surface area contributed by atoms with E-state index in [1.54, 1.807) is 42.5 Å². The summed E-state index contributed by atoms with van der Waals surface area (Å²) in [5.74, 6) is -1.70. The van der Waals surface area contributed by atoms with Crippen LogP contribution in [0.3, 0.4) is 0 Å². The Labute approximate surface area is 129 Å². The number of carboxylic acid groups (broad SMARTS) is 1. The van der Waals surface area contributed by atoms with Gasteiger partial charge in [-0.2, -0.15) is 0 Å². The van der Waals surface area contributed by atoms with E-state index in [0.29, 0.717) is 0 Å². The molecule has 0 fully saturated rings. The Morgan fingerprint density at radius 2 is 1.55 bits per heavy atom. The van der Waals surface area contributed by atoms with Crippen LogP contribution in [0.2, 0.25) is 0 Å². The minimum absolute atomic E-state index is 0.00474. The summed E-state index contributed by atoms with van der Waals surface area (Å²) in [6, 6.07) is 16.9. The third-order valence-electron chi connectivity index (χ3n) is 3.26. The zero-order valence-electron chi connectivity index (χ0n) is 11.8. The standard InChI is InChI=1S/C16H17NO4S/c18-16(19)11-14(13-7-3-1-4-8-13)12-17-22(20,21)15-9-5-2-6-10-15/h1-10,14,17H,11-12H2,(H,18,19)/p-1/t14-/m1/s1. The van der Waals surface area contributed by atoms with Crippen LogP contribution in [-0.2, 0) is 14.8 Å². The Bertz CT molecular complexity index is 714. The van der Waals surface area contributed by atoms with E-state index in [1.807, 2.05) is 6.07 Å². The molecule has 0 aliphatic carbocycles. The molecule has 0 saturated carbocycles. The normalized spacial score (nSPS) is 12.7. The number of sulfonamides is 1. The second kappa shape index (κ2) is 7.20. The van der Waals surface area contributed by atoms with E-state index in [4.69, 9.17) is 0 Å². The van der Waals surface area contributed by atoms with E-state index in [9.17, 15) is 18.3 Å². The van der Waals surface area contributed by atoms with Gasteiger partial charge in [-0.3, -0.25) is 0 Å². The van der Waals surface area contributed by atoms with Crippen LogP contribution in [0.5, 0.6) is 0 Å². The largest absolute Gasteiger partial charge is 0.550 e. The van der Waals surface area contributed by atoms with Crippen molar-refractivity contribution in [2.45, 2.75) is 17.2 Å². The monoisotopic (exact) mass is 318 g/mol. The number of carboxylic acids is 1. The van der Waals surface area contributed by atoms with Crippen molar-refractivity contribution in [3.63, 3.8) is 0 Å². The number of nitrogens with one attached hydrogen (secondary N) is 1. The molecule has 0 bridgehead atoms. The number of hydrogen-bond donors (Lipinski definition) is 1. The van der Waals surface area contributed by atoms with Gasteiger partial charge in [0.25, 0.3) is 0 Å². The molecular weight excluding hydrogens is 302 g/mol. The summed E-state index contributed by atoms with van der Waals surface area (Å²) in [5.41, 5.74) is 0.752. The molecule has 1 N–H and O–H groups in total. The Balaban J connectivity index is 2.13. The number of aliphatic carboxylic acids is 1. The molecular formula is C16H16NO4S-. The number of carbonyl (C=O) groups is 1. The Morgan fingerprint density at radius 3 is 2.09 bits per heavy atom. The number of rotatable bonds is 7. The second-order valence-corrected chi connectivity index (χ2v) is 6.62. The van der Waals surface area contributed by atoms with Crippen LogP contribution < -0.4 is 9.83 Å². The molecule has 0 aliphatic heterocycles. The highest BCUT2D eigenvalue weighted by Crippen LogP contribution is 2.19. The average molecular weight is 318 g/mol. The molecule has 22 heavy (non-hydrogen) atoms. The third kappa shape index (κ3) is 4.41. The summed E-state index contributed by atoms with van der Waals surface area (Å²) in [5, 5.41) is 10.9. The van der Waals surface area contributed by atoms with Gasteiger partial charge < -0.3 is 9.90 Å². The topological polar surface area (TPSA) is 86.3 Å². The van der Waals surface area contributed by atoms with E-state index in [2.05, 4.69) is 4.72 Å². The summed E-state index contributed by atoms with van der Waals surface area (Å²) in [6.45, 7) is -0.00474. The average Bonchev–Trinajstić information content (AvgIpc) is 2.53. The molecule has 2 aromatic carbocycles. The van der Waals surface area contributed by atoms with Gasteiger partial charge in [0.1, 0.15) is 0 Å². The molecule has 0 amide bonds. The molecule has 116 valence electrons. The predicted octanol–water partition coefficient (Wildman–Crippen LogP) is 0.889. The van der Waals surface area contributed by atoms with Crippen LogP contribution in [-0.4, -0.2) is 20.9 Å². The van der Waals surface area contributed by atoms with Crippen molar-refractivity contribution < 1.29 is 18.3 Å². The van der Waals surface area contributed by atoms with Crippen LogP contribution in [0.25, 0.3) is 0 Å². The van der Waals surface area contributed by atoms with Gasteiger partial charge in [0.05, 0.1) is 4.90 Å². The lowest BCUT2D eigenvalue weighted by Gasteiger charge is -2.18. The molecule has 0 unspecified atom stereocenters. The van der Waals surface area contributed by atoms with Crippen molar-refractivity contribution in [3.05, 3.63) is 66.2 Å². The highest BCUT2D eigenvalue weighted by Gasteiger charge is 2.18. The highest BCUT2D eigenvalue weighted by molar-refractivity contribution is 7.89. The predicted molar refractivity (Wildman–Crippen MR) is 80.4 cm³/mol. The van der Waals surface area contributed by atoms with Gasteiger partial charge >= 0.3 is 0 Å². The lowest BCUT2D eigenvalue weighted by molar-refractivity contribution is -0.306. The van der Waals surface area contributed by atoms with Crippen molar-refractivity contribution in [2.24, 2.45) is 0 Å². The summed E-state index contributed by atoms with van der Waals surface area (Å²) in [6.07, 6.45) is -0.249. The molecule has 0 heterocycles. The highest BCUT2D eigenvalue weighted by atomic mass is 32.2. The van der Waals surface area contributed by atoms with Gasteiger partial charge in [-0.15, -0.1) is 0 Å². The van der Waals surface area contributed by atoms with Crippen LogP contribution in [0, 0.1) is 0 Å². The summed E-state index contributed by atoms with van der Waals surface area (Å²) < 4.78 is 26.8. The molecule has 2 aromatic rings. The molecule has 0 saturated heterocycles. The van der Waals surface area contributed by atoms with Crippen molar-refractivity contribution in [1.82, 2.24) is 4.72 Å². The summed E-state index contributed by atoms with van der Waals surface area (Å²) >= 11 is 0. The summed E-state index contributed by atoms with van der Waals surface area (Å²) in [4.78, 5) is 11.0. The minimum atomic E-state index is -3.66. The van der Waals surface area contributed by atoms with Crippen molar-refractivity contribution in [1.29, 1.82) is 0 Å².